The van der Waals surface area contributed by atoms with E-state index < -0.39 is 11.4 Å². The monoisotopic (exact) mass is 251 g/mol. The Hall–Kier alpha value is -1.49. The number of carbonyl (C=O) groups is 1. The molecule has 1 aromatic rings. The Morgan fingerprint density at radius 1 is 1.47 bits per heavy atom. The fourth-order valence-electron chi connectivity index (χ4n) is 1.66. The number of esters is 1. The maximum absolute atomic E-state index is 11.8. The second-order valence-electron chi connectivity index (χ2n) is 3.53. The van der Waals surface area contributed by atoms with Crippen molar-refractivity contribution in [2.24, 2.45) is 0 Å². The van der Waals surface area contributed by atoms with Crippen LogP contribution in [0.15, 0.2) is 30.3 Å². The molecule has 0 spiro atoms. The van der Waals surface area contributed by atoms with Gasteiger partial charge in [0.15, 0.2) is 5.25 Å². The summed E-state index contributed by atoms with van der Waals surface area (Å²) in [4.78, 5) is 11.8. The second kappa shape index (κ2) is 5.23. The Morgan fingerprint density at radius 2 is 2.18 bits per heavy atom. The molecule has 1 N–H and O–H groups in total. The van der Waals surface area contributed by atoms with Gasteiger partial charge in [-0.2, -0.15) is 0 Å². The summed E-state index contributed by atoms with van der Waals surface area (Å²) in [5.41, 5.74) is 0.889. The van der Waals surface area contributed by atoms with Crippen LogP contribution < -0.4 is 0 Å². The average molecular weight is 251 g/mol. The van der Waals surface area contributed by atoms with Crippen LogP contribution >= 0.6 is 11.8 Å². The molecule has 1 aromatic carbocycles. The molecule has 90 valence electrons. The van der Waals surface area contributed by atoms with E-state index in [1.165, 1.54) is 0 Å². The van der Waals surface area contributed by atoms with Crippen molar-refractivity contribution >= 4 is 23.0 Å². The molecule has 2 unspecified atom stereocenters. The molecule has 17 heavy (non-hydrogen) atoms. The summed E-state index contributed by atoms with van der Waals surface area (Å²) >= 11 is 1.10. The van der Waals surface area contributed by atoms with Crippen LogP contribution in [0.4, 0.5) is 0 Å². The van der Waals surface area contributed by atoms with Gasteiger partial charge in [-0.1, -0.05) is 30.3 Å². The molecule has 0 saturated carbocycles. The predicted octanol–water partition coefficient (Wildman–Crippen LogP) is 2.36. The first-order valence-corrected chi connectivity index (χ1v) is 6.23. The zero-order chi connectivity index (χ0) is 12.3. The molecule has 4 nitrogen and oxygen atoms in total. The van der Waals surface area contributed by atoms with Gasteiger partial charge >= 0.3 is 5.97 Å². The zero-order valence-corrected chi connectivity index (χ0v) is 10.2. The number of ether oxygens (including phenoxy) is 2. The lowest BCUT2D eigenvalue weighted by atomic mass is 10.1. The van der Waals surface area contributed by atoms with Crippen molar-refractivity contribution in [3.05, 3.63) is 35.9 Å². The van der Waals surface area contributed by atoms with E-state index in [4.69, 9.17) is 14.9 Å². The van der Waals surface area contributed by atoms with Crippen molar-refractivity contribution in [3.8, 4) is 0 Å². The van der Waals surface area contributed by atoms with Crippen LogP contribution in [0.2, 0.25) is 0 Å². The van der Waals surface area contributed by atoms with Gasteiger partial charge in [0.2, 0.25) is 5.23 Å². The molecule has 0 radical (unpaired) electrons. The number of thioether (sulfide) groups is 1. The van der Waals surface area contributed by atoms with Crippen molar-refractivity contribution < 1.29 is 14.3 Å². The van der Waals surface area contributed by atoms with E-state index in [-0.39, 0.29) is 11.2 Å². The summed E-state index contributed by atoms with van der Waals surface area (Å²) in [6.45, 7) is 2.10. The molecule has 0 aromatic heterocycles. The minimum atomic E-state index is -0.482. The molecular weight excluding hydrogens is 238 g/mol. The highest BCUT2D eigenvalue weighted by molar-refractivity contribution is 8.14. The number of hydrogen-bond acceptors (Lipinski definition) is 5. The van der Waals surface area contributed by atoms with Crippen LogP contribution in [0.1, 0.15) is 18.6 Å². The molecular formula is C12H13NO3S. The van der Waals surface area contributed by atoms with Crippen molar-refractivity contribution in [2.45, 2.75) is 18.3 Å². The lowest BCUT2D eigenvalue weighted by Gasteiger charge is -2.15. The highest BCUT2D eigenvalue weighted by atomic mass is 32.2. The summed E-state index contributed by atoms with van der Waals surface area (Å²) in [5, 5.41) is 7.10. The van der Waals surface area contributed by atoms with E-state index in [1.54, 1.807) is 6.92 Å². The third-order valence-corrected chi connectivity index (χ3v) is 3.39. The average Bonchev–Trinajstić information content (AvgIpc) is 2.73. The van der Waals surface area contributed by atoms with E-state index >= 15 is 0 Å². The van der Waals surface area contributed by atoms with Gasteiger partial charge in [0, 0.05) is 0 Å². The highest BCUT2D eigenvalue weighted by Gasteiger charge is 2.41. The topological polar surface area (TPSA) is 59.4 Å². The molecule has 0 amide bonds. The number of benzene rings is 1. The summed E-state index contributed by atoms with van der Waals surface area (Å²) < 4.78 is 10.4. The van der Waals surface area contributed by atoms with Gasteiger partial charge in [0.1, 0.15) is 6.10 Å². The fourth-order valence-corrected chi connectivity index (χ4v) is 2.55. The summed E-state index contributed by atoms with van der Waals surface area (Å²) in [6.07, 6.45) is -0.423. The fraction of sp³-hybridized carbons (Fsp3) is 0.333. The van der Waals surface area contributed by atoms with Crippen LogP contribution in [-0.4, -0.2) is 23.1 Å². The van der Waals surface area contributed by atoms with Crippen LogP contribution in [0.25, 0.3) is 0 Å². The van der Waals surface area contributed by atoms with Crippen LogP contribution in [-0.2, 0) is 14.3 Å². The quantitative estimate of drug-likeness (QED) is 0.838. The van der Waals surface area contributed by atoms with E-state index in [2.05, 4.69) is 0 Å². The van der Waals surface area contributed by atoms with Crippen LogP contribution in [0.3, 0.4) is 0 Å². The number of carbonyl (C=O) groups excluding carboxylic acids is 1. The van der Waals surface area contributed by atoms with Crippen molar-refractivity contribution in [1.29, 1.82) is 5.41 Å². The van der Waals surface area contributed by atoms with E-state index in [9.17, 15) is 4.79 Å². The minimum absolute atomic E-state index is 0.0666. The molecule has 1 heterocycles. The SMILES string of the molecule is CCOC(=O)C1SC(=N)OC1c1ccccc1. The first-order valence-electron chi connectivity index (χ1n) is 5.36. The van der Waals surface area contributed by atoms with Gasteiger partial charge in [0.25, 0.3) is 0 Å². The molecule has 1 aliphatic rings. The van der Waals surface area contributed by atoms with Gasteiger partial charge in [-0.3, -0.25) is 10.2 Å². The highest BCUT2D eigenvalue weighted by Crippen LogP contribution is 2.39. The standard InChI is InChI=1S/C12H13NO3S/c1-2-15-11(14)10-9(16-12(13)17-10)8-6-4-3-5-7-8/h3-7,9-10,13H,2H2,1H3. The van der Waals surface area contributed by atoms with Crippen LogP contribution in [0, 0.1) is 5.41 Å². The summed E-state index contributed by atoms with van der Waals surface area (Å²) in [7, 11) is 0. The maximum atomic E-state index is 11.8. The second-order valence-corrected chi connectivity index (χ2v) is 4.64. The predicted molar refractivity (Wildman–Crippen MR) is 66.0 cm³/mol. The van der Waals surface area contributed by atoms with Crippen molar-refractivity contribution in [2.75, 3.05) is 6.61 Å². The van der Waals surface area contributed by atoms with Crippen LogP contribution in [0.5, 0.6) is 0 Å². The van der Waals surface area contributed by atoms with Gasteiger partial charge in [0.05, 0.1) is 6.61 Å². The first-order chi connectivity index (χ1) is 8.22. The van der Waals surface area contributed by atoms with Gasteiger partial charge < -0.3 is 9.47 Å². The molecule has 5 heteroatoms. The van der Waals surface area contributed by atoms with Gasteiger partial charge in [-0.15, -0.1) is 0 Å². The zero-order valence-electron chi connectivity index (χ0n) is 9.38. The first kappa shape index (κ1) is 12.0. The molecule has 1 fully saturated rings. The summed E-state index contributed by atoms with van der Waals surface area (Å²) in [5.74, 6) is -0.325. The van der Waals surface area contributed by atoms with E-state index in [1.807, 2.05) is 30.3 Å². The Morgan fingerprint density at radius 3 is 2.82 bits per heavy atom. The van der Waals surface area contributed by atoms with Crippen molar-refractivity contribution in [3.63, 3.8) is 0 Å². The van der Waals surface area contributed by atoms with E-state index in [0.717, 1.165) is 17.3 Å². The molecule has 1 aliphatic heterocycles. The Labute approximate surface area is 104 Å². The Bertz CT molecular complexity index is 421. The number of nitrogens with one attached hydrogen (secondary N) is 1. The number of hydrogen-bond donors (Lipinski definition) is 1. The minimum Gasteiger partial charge on any atom is -0.465 e. The molecule has 2 rings (SSSR count). The molecule has 1 saturated heterocycles. The van der Waals surface area contributed by atoms with Gasteiger partial charge in [-0.05, 0) is 24.2 Å². The van der Waals surface area contributed by atoms with E-state index in [0.29, 0.717) is 6.61 Å². The molecule has 2 atom stereocenters. The third kappa shape index (κ3) is 2.61. The molecule has 0 bridgehead atoms. The Balaban J connectivity index is 2.20. The largest absolute Gasteiger partial charge is 0.465 e. The lowest BCUT2D eigenvalue weighted by molar-refractivity contribution is -0.144. The summed E-state index contributed by atoms with van der Waals surface area (Å²) in [6, 6.07) is 9.43. The Kier molecular flexibility index (Phi) is 3.68. The lowest BCUT2D eigenvalue weighted by Crippen LogP contribution is -2.24. The maximum Gasteiger partial charge on any atom is 0.323 e. The molecule has 0 aliphatic carbocycles. The smallest absolute Gasteiger partial charge is 0.323 e. The normalized spacial score (nSPS) is 23.2. The number of rotatable bonds is 3. The van der Waals surface area contributed by atoms with Gasteiger partial charge in [-0.25, -0.2) is 0 Å². The van der Waals surface area contributed by atoms with Crippen molar-refractivity contribution in [1.82, 2.24) is 0 Å². The third-order valence-electron chi connectivity index (χ3n) is 2.39.